The molecule has 0 aliphatic carbocycles. The van der Waals surface area contributed by atoms with E-state index >= 15 is 0 Å². The minimum Gasteiger partial charge on any atom is -0.357 e. The third-order valence-electron chi connectivity index (χ3n) is 3.93. The van der Waals surface area contributed by atoms with Gasteiger partial charge in [-0.05, 0) is 18.9 Å². The molecule has 1 aliphatic heterocycles. The van der Waals surface area contributed by atoms with E-state index in [2.05, 4.69) is 15.6 Å². The number of halogens is 3. The molecular weight excluding hydrogens is 351 g/mol. The summed E-state index contributed by atoms with van der Waals surface area (Å²) in [4.78, 5) is 16.0. The summed E-state index contributed by atoms with van der Waals surface area (Å²) in [5.41, 5.74) is 0.816. The molecule has 1 heterocycles. The van der Waals surface area contributed by atoms with Crippen molar-refractivity contribution in [3.63, 3.8) is 0 Å². The molecule has 1 unspecified atom stereocenters. The van der Waals surface area contributed by atoms with Crippen LogP contribution >= 0.6 is 0 Å². The number of hydrogen-bond acceptors (Lipinski definition) is 4. The maximum absolute atomic E-state index is 12.5. The summed E-state index contributed by atoms with van der Waals surface area (Å²) in [5.74, 6) is 0.518. The highest BCUT2D eigenvalue weighted by Gasteiger charge is 2.34. The number of nitro benzene ring substituents is 1. The number of alkyl halides is 3. The molecule has 0 saturated carbocycles. The lowest BCUT2D eigenvalue weighted by atomic mass is 10.2. The van der Waals surface area contributed by atoms with Crippen molar-refractivity contribution >= 4 is 11.6 Å². The summed E-state index contributed by atoms with van der Waals surface area (Å²) in [6.45, 7) is 2.62. The Morgan fingerprint density at radius 2 is 2.08 bits per heavy atom. The van der Waals surface area contributed by atoms with E-state index in [1.807, 2.05) is 6.92 Å². The van der Waals surface area contributed by atoms with Gasteiger partial charge in [0.1, 0.15) is 0 Å². The second-order valence-electron chi connectivity index (χ2n) is 6.10. The van der Waals surface area contributed by atoms with Crippen molar-refractivity contribution in [3.8, 4) is 0 Å². The predicted molar refractivity (Wildman–Crippen MR) is 91.9 cm³/mol. The zero-order valence-corrected chi connectivity index (χ0v) is 14.4. The fourth-order valence-corrected chi connectivity index (χ4v) is 2.75. The molecule has 1 saturated heterocycles. The molecule has 1 aromatic carbocycles. The minimum atomic E-state index is -4.19. The zero-order chi connectivity index (χ0) is 19.2. The number of guanidine groups is 1. The van der Waals surface area contributed by atoms with Crippen molar-refractivity contribution < 1.29 is 18.1 Å². The molecule has 2 N–H and O–H groups in total. The number of benzene rings is 1. The molecule has 0 spiro atoms. The number of aliphatic imine (C=N–C) groups is 1. The van der Waals surface area contributed by atoms with Gasteiger partial charge in [-0.1, -0.05) is 12.1 Å². The number of nitro groups is 1. The highest BCUT2D eigenvalue weighted by molar-refractivity contribution is 5.80. The fourth-order valence-electron chi connectivity index (χ4n) is 2.75. The highest BCUT2D eigenvalue weighted by atomic mass is 19.4. The lowest BCUT2D eigenvalue weighted by Gasteiger charge is -2.19. The molecule has 144 valence electrons. The molecule has 2 rings (SSSR count). The molecule has 1 aliphatic rings. The smallest absolute Gasteiger partial charge is 0.357 e. The Labute approximate surface area is 149 Å². The molecule has 10 heteroatoms. The first-order valence-electron chi connectivity index (χ1n) is 8.34. The number of hydrogen-bond donors (Lipinski definition) is 2. The van der Waals surface area contributed by atoms with E-state index in [1.165, 1.54) is 17.0 Å². The van der Waals surface area contributed by atoms with Gasteiger partial charge in [0.05, 0.1) is 18.0 Å². The highest BCUT2D eigenvalue weighted by Crippen LogP contribution is 2.20. The molecule has 7 nitrogen and oxygen atoms in total. The first kappa shape index (κ1) is 20.0. The Kier molecular flexibility index (Phi) is 6.78. The minimum absolute atomic E-state index is 0.0125. The Morgan fingerprint density at radius 3 is 2.65 bits per heavy atom. The summed E-state index contributed by atoms with van der Waals surface area (Å²) < 4.78 is 37.4. The molecule has 0 amide bonds. The summed E-state index contributed by atoms with van der Waals surface area (Å²) in [7, 11) is 0. The molecule has 1 fully saturated rings. The van der Waals surface area contributed by atoms with E-state index in [9.17, 15) is 23.3 Å². The molecule has 0 bridgehead atoms. The Balaban J connectivity index is 1.91. The van der Waals surface area contributed by atoms with Crippen LogP contribution in [0.1, 0.15) is 18.9 Å². The fraction of sp³-hybridized carbons (Fsp3) is 0.562. The lowest BCUT2D eigenvalue weighted by Crippen LogP contribution is -2.45. The Hall–Kier alpha value is -2.36. The molecule has 0 aromatic heterocycles. The van der Waals surface area contributed by atoms with Crippen LogP contribution in [0.2, 0.25) is 0 Å². The largest absolute Gasteiger partial charge is 0.401 e. The maximum atomic E-state index is 12.5. The van der Waals surface area contributed by atoms with Crippen LogP contribution in [0.4, 0.5) is 18.9 Å². The van der Waals surface area contributed by atoms with Gasteiger partial charge in [0.15, 0.2) is 5.96 Å². The van der Waals surface area contributed by atoms with Gasteiger partial charge in [-0.2, -0.15) is 13.2 Å². The van der Waals surface area contributed by atoms with E-state index in [4.69, 9.17) is 0 Å². The van der Waals surface area contributed by atoms with Crippen LogP contribution in [-0.2, 0) is 6.54 Å². The summed E-state index contributed by atoms with van der Waals surface area (Å²) in [6.07, 6.45) is -3.58. The Bertz CT molecular complexity index is 634. The Morgan fingerprint density at radius 1 is 1.38 bits per heavy atom. The monoisotopic (exact) mass is 373 g/mol. The molecular formula is C16H22F3N5O2. The van der Waals surface area contributed by atoms with Gasteiger partial charge < -0.3 is 10.6 Å². The van der Waals surface area contributed by atoms with Crippen molar-refractivity contribution in [1.82, 2.24) is 15.5 Å². The van der Waals surface area contributed by atoms with E-state index in [0.29, 0.717) is 38.6 Å². The van der Waals surface area contributed by atoms with Crippen molar-refractivity contribution in [2.45, 2.75) is 32.1 Å². The second-order valence-corrected chi connectivity index (χ2v) is 6.10. The lowest BCUT2D eigenvalue weighted by molar-refractivity contribution is -0.384. The first-order chi connectivity index (χ1) is 12.3. The molecule has 1 atom stereocenters. The summed E-state index contributed by atoms with van der Waals surface area (Å²) in [6, 6.07) is 5.98. The second kappa shape index (κ2) is 8.84. The van der Waals surface area contributed by atoms with Crippen molar-refractivity contribution in [2.75, 3.05) is 26.2 Å². The average molecular weight is 373 g/mol. The van der Waals surface area contributed by atoms with Crippen molar-refractivity contribution in [3.05, 3.63) is 39.9 Å². The summed E-state index contributed by atoms with van der Waals surface area (Å²) >= 11 is 0. The van der Waals surface area contributed by atoms with Crippen LogP contribution in [0.15, 0.2) is 29.3 Å². The normalized spacial score (nSPS) is 18.8. The number of non-ortho nitro benzene ring substituents is 1. The van der Waals surface area contributed by atoms with Crippen LogP contribution in [0.3, 0.4) is 0 Å². The zero-order valence-electron chi connectivity index (χ0n) is 14.4. The van der Waals surface area contributed by atoms with E-state index in [0.717, 1.165) is 5.56 Å². The SMILES string of the molecule is CCNC(=NCc1ccc([N+](=O)[O-])cc1)NC1CCN(CC(F)(F)F)C1. The standard InChI is InChI=1S/C16H22F3N5O2/c1-2-20-15(21-9-12-3-5-14(6-4-12)24(25)26)22-13-7-8-23(10-13)11-16(17,18)19/h3-6,13H,2,7-11H2,1H3,(H2,20,21,22). The molecule has 26 heavy (non-hydrogen) atoms. The number of likely N-dealkylation sites (tertiary alicyclic amines) is 1. The third-order valence-corrected chi connectivity index (χ3v) is 3.93. The molecule has 1 aromatic rings. The third kappa shape index (κ3) is 6.51. The number of rotatable bonds is 6. The van der Waals surface area contributed by atoms with Crippen LogP contribution < -0.4 is 10.6 Å². The van der Waals surface area contributed by atoms with Gasteiger partial charge in [0, 0.05) is 37.8 Å². The van der Waals surface area contributed by atoms with Crippen molar-refractivity contribution in [2.24, 2.45) is 4.99 Å². The predicted octanol–water partition coefficient (Wildman–Crippen LogP) is 2.29. The van der Waals surface area contributed by atoms with Crippen LogP contribution in [-0.4, -0.2) is 54.2 Å². The van der Waals surface area contributed by atoms with Gasteiger partial charge in [0.2, 0.25) is 0 Å². The van der Waals surface area contributed by atoms with Crippen LogP contribution in [0.5, 0.6) is 0 Å². The van der Waals surface area contributed by atoms with Gasteiger partial charge in [0.25, 0.3) is 5.69 Å². The van der Waals surface area contributed by atoms with Crippen LogP contribution in [0.25, 0.3) is 0 Å². The van der Waals surface area contributed by atoms with E-state index in [-0.39, 0.29) is 11.7 Å². The van der Waals surface area contributed by atoms with Gasteiger partial charge >= 0.3 is 6.18 Å². The van der Waals surface area contributed by atoms with E-state index < -0.39 is 17.6 Å². The quantitative estimate of drug-likeness (QED) is 0.346. The number of nitrogens with zero attached hydrogens (tertiary/aromatic N) is 3. The van der Waals surface area contributed by atoms with E-state index in [1.54, 1.807) is 12.1 Å². The van der Waals surface area contributed by atoms with Gasteiger partial charge in [-0.25, -0.2) is 4.99 Å². The first-order valence-corrected chi connectivity index (χ1v) is 8.34. The topological polar surface area (TPSA) is 82.8 Å². The van der Waals surface area contributed by atoms with Gasteiger partial charge in [-0.3, -0.25) is 15.0 Å². The molecule has 0 radical (unpaired) electrons. The number of nitrogens with one attached hydrogen (secondary N) is 2. The van der Waals surface area contributed by atoms with Crippen molar-refractivity contribution in [1.29, 1.82) is 0 Å². The average Bonchev–Trinajstić information content (AvgIpc) is 2.98. The van der Waals surface area contributed by atoms with Crippen LogP contribution in [0, 0.1) is 10.1 Å². The summed E-state index contributed by atoms with van der Waals surface area (Å²) in [5, 5.41) is 16.9. The maximum Gasteiger partial charge on any atom is 0.401 e. The van der Waals surface area contributed by atoms with Gasteiger partial charge in [-0.15, -0.1) is 0 Å².